The molecular formula is C30H42N2O3. The Morgan fingerprint density at radius 3 is 2.49 bits per heavy atom. The molecule has 35 heavy (non-hydrogen) atoms. The summed E-state index contributed by atoms with van der Waals surface area (Å²) in [6.07, 6.45) is 7.27. The van der Waals surface area contributed by atoms with Crippen molar-refractivity contribution in [3.63, 3.8) is 0 Å². The number of carbonyl (C=O) groups excluding carboxylic acids is 3. The Bertz CT molecular complexity index is 993. The zero-order valence-electron chi connectivity index (χ0n) is 21.6. The fourth-order valence-electron chi connectivity index (χ4n) is 8.95. The number of nitrogens with one attached hydrogen (secondary N) is 1. The third-order valence-corrected chi connectivity index (χ3v) is 11.0. The second kappa shape index (κ2) is 9.14. The largest absolute Gasteiger partial charge is 0.350 e. The van der Waals surface area contributed by atoms with E-state index >= 15 is 0 Å². The van der Waals surface area contributed by atoms with Gasteiger partial charge in [-0.15, -0.1) is 0 Å². The van der Waals surface area contributed by atoms with E-state index in [9.17, 15) is 14.4 Å². The Hall–Kier alpha value is -2.01. The summed E-state index contributed by atoms with van der Waals surface area (Å²) in [5.74, 6) is 2.08. The van der Waals surface area contributed by atoms with E-state index in [1.807, 2.05) is 37.3 Å². The fourth-order valence-corrected chi connectivity index (χ4v) is 8.95. The maximum atomic E-state index is 13.5. The molecule has 4 saturated carbocycles. The van der Waals surface area contributed by atoms with Crippen LogP contribution in [0, 0.1) is 40.4 Å². The molecule has 0 bridgehead atoms. The van der Waals surface area contributed by atoms with Crippen molar-refractivity contribution in [1.82, 2.24) is 5.32 Å². The van der Waals surface area contributed by atoms with Crippen LogP contribution in [0.5, 0.6) is 0 Å². The number of fused-ring (bicyclic) bond motifs is 5. The zero-order valence-corrected chi connectivity index (χ0v) is 21.6. The van der Waals surface area contributed by atoms with Gasteiger partial charge in [0.05, 0.1) is 6.04 Å². The molecule has 0 radical (unpaired) electrons. The lowest BCUT2D eigenvalue weighted by molar-refractivity contribution is -0.158. The second-order valence-corrected chi connectivity index (χ2v) is 12.7. The van der Waals surface area contributed by atoms with Crippen LogP contribution in [0.2, 0.25) is 0 Å². The van der Waals surface area contributed by atoms with E-state index in [-0.39, 0.29) is 46.6 Å². The first-order valence-electron chi connectivity index (χ1n) is 13.8. The zero-order chi connectivity index (χ0) is 25.0. The Morgan fingerprint density at radius 2 is 1.74 bits per heavy atom. The normalized spacial score (nSPS) is 40.3. The molecule has 4 aliphatic carbocycles. The van der Waals surface area contributed by atoms with E-state index in [2.05, 4.69) is 19.2 Å². The van der Waals surface area contributed by atoms with E-state index in [0.717, 1.165) is 37.7 Å². The van der Waals surface area contributed by atoms with Crippen molar-refractivity contribution in [3.05, 3.63) is 35.9 Å². The summed E-state index contributed by atoms with van der Waals surface area (Å²) in [5.41, 5.74) is 7.97. The molecule has 0 heterocycles. The first-order chi connectivity index (χ1) is 16.6. The molecule has 190 valence electrons. The van der Waals surface area contributed by atoms with Crippen LogP contribution < -0.4 is 11.1 Å². The monoisotopic (exact) mass is 478 g/mol. The number of hydrogen-bond donors (Lipinski definition) is 2. The number of carbonyl (C=O) groups is 3. The van der Waals surface area contributed by atoms with Crippen molar-refractivity contribution in [2.45, 2.75) is 90.6 Å². The van der Waals surface area contributed by atoms with Crippen LogP contribution in [0.15, 0.2) is 30.3 Å². The molecule has 0 aromatic heterocycles. The van der Waals surface area contributed by atoms with Crippen molar-refractivity contribution in [3.8, 4) is 0 Å². The van der Waals surface area contributed by atoms with Gasteiger partial charge in [0, 0.05) is 37.6 Å². The van der Waals surface area contributed by atoms with Crippen LogP contribution in [-0.2, 0) is 14.4 Å². The number of rotatable bonds is 5. The van der Waals surface area contributed by atoms with E-state index in [1.54, 1.807) is 0 Å². The highest BCUT2D eigenvalue weighted by Crippen LogP contribution is 2.66. The molecule has 1 aromatic rings. The summed E-state index contributed by atoms with van der Waals surface area (Å²) >= 11 is 0. The SMILES string of the molecule is C[C@H](NC(=O)C[C@@H](N)[C@H]1CC[C@H]2[C@@H]3C(=O)C[C@@H]4CC(=O)CC[C@]4(C)[C@H]3CC[C@]12C)c1ccccc1. The average molecular weight is 479 g/mol. The number of hydrogen-bond acceptors (Lipinski definition) is 4. The summed E-state index contributed by atoms with van der Waals surface area (Å²) in [7, 11) is 0. The minimum atomic E-state index is -0.196. The van der Waals surface area contributed by atoms with E-state index in [1.165, 1.54) is 0 Å². The average Bonchev–Trinajstić information content (AvgIpc) is 3.18. The van der Waals surface area contributed by atoms with Crippen LogP contribution >= 0.6 is 0 Å². The van der Waals surface area contributed by atoms with Crippen molar-refractivity contribution in [1.29, 1.82) is 0 Å². The van der Waals surface area contributed by atoms with Crippen molar-refractivity contribution in [2.24, 2.45) is 46.2 Å². The molecule has 9 atom stereocenters. The molecule has 0 aliphatic heterocycles. The van der Waals surface area contributed by atoms with E-state index < -0.39 is 0 Å². The summed E-state index contributed by atoms with van der Waals surface area (Å²) in [5, 5.41) is 3.13. The summed E-state index contributed by atoms with van der Waals surface area (Å²) in [6.45, 7) is 6.73. The molecule has 0 spiro atoms. The van der Waals surface area contributed by atoms with Gasteiger partial charge in [-0.25, -0.2) is 0 Å². The van der Waals surface area contributed by atoms with Crippen LogP contribution in [0.1, 0.15) is 90.2 Å². The van der Waals surface area contributed by atoms with Gasteiger partial charge in [0.15, 0.2) is 0 Å². The fraction of sp³-hybridized carbons (Fsp3) is 0.700. The minimum absolute atomic E-state index is 0.00515. The molecule has 0 unspecified atom stereocenters. The van der Waals surface area contributed by atoms with Crippen molar-refractivity contribution >= 4 is 17.5 Å². The molecule has 1 aromatic carbocycles. The molecule has 3 N–H and O–H groups in total. The lowest BCUT2D eigenvalue weighted by atomic mass is 9.44. The maximum Gasteiger partial charge on any atom is 0.222 e. The molecule has 4 fully saturated rings. The quantitative estimate of drug-likeness (QED) is 0.624. The smallest absolute Gasteiger partial charge is 0.222 e. The standard InChI is InChI=1S/C30H42N2O3/c1-18(19-7-5-4-6-8-19)32-27(35)17-25(31)22-9-10-23-28-24(12-14-30(22,23)3)29(2)13-11-21(33)15-20(29)16-26(28)34/h4-8,18,20,22-25,28H,9-17,31H2,1-3H3,(H,32,35)/t18-,20-,22+,23-,24-,25+,28-,29-,30+/m0/s1. The molecular weight excluding hydrogens is 436 g/mol. The third kappa shape index (κ3) is 4.18. The van der Waals surface area contributed by atoms with Gasteiger partial charge in [0.2, 0.25) is 5.91 Å². The molecule has 4 aliphatic rings. The molecule has 5 nitrogen and oxygen atoms in total. The predicted octanol–water partition coefficient (Wildman–Crippen LogP) is 4.99. The van der Waals surface area contributed by atoms with Crippen molar-refractivity contribution in [2.75, 3.05) is 0 Å². The minimum Gasteiger partial charge on any atom is -0.350 e. The number of amides is 1. The highest BCUT2D eigenvalue weighted by atomic mass is 16.2. The van der Waals surface area contributed by atoms with E-state index in [4.69, 9.17) is 5.73 Å². The van der Waals surface area contributed by atoms with Crippen molar-refractivity contribution < 1.29 is 14.4 Å². The lowest BCUT2D eigenvalue weighted by Crippen LogP contribution is -2.57. The number of Topliss-reactive ketones (excluding diaryl/α,β-unsaturated/α-hetero) is 2. The number of nitrogens with two attached hydrogens (primary N) is 1. The Labute approximate surface area is 210 Å². The van der Waals surface area contributed by atoms with Gasteiger partial charge in [-0.3, -0.25) is 14.4 Å². The van der Waals surface area contributed by atoms with Gasteiger partial charge in [-0.05, 0) is 79.1 Å². The number of ketones is 2. The summed E-state index contributed by atoms with van der Waals surface area (Å²) in [4.78, 5) is 38.6. The van der Waals surface area contributed by atoms with Crippen LogP contribution in [0.3, 0.4) is 0 Å². The van der Waals surface area contributed by atoms with Gasteiger partial charge in [0.25, 0.3) is 0 Å². The molecule has 1 amide bonds. The van der Waals surface area contributed by atoms with Gasteiger partial charge < -0.3 is 11.1 Å². The Morgan fingerprint density at radius 1 is 1.03 bits per heavy atom. The van der Waals surface area contributed by atoms with Crippen LogP contribution in [0.25, 0.3) is 0 Å². The highest BCUT2D eigenvalue weighted by molar-refractivity contribution is 5.86. The van der Waals surface area contributed by atoms with Gasteiger partial charge in [-0.1, -0.05) is 44.2 Å². The van der Waals surface area contributed by atoms with Gasteiger partial charge >= 0.3 is 0 Å². The summed E-state index contributed by atoms with van der Waals surface area (Å²) < 4.78 is 0. The molecule has 5 rings (SSSR count). The lowest BCUT2D eigenvalue weighted by Gasteiger charge is -2.59. The topological polar surface area (TPSA) is 89.3 Å². The first kappa shape index (κ1) is 24.7. The highest BCUT2D eigenvalue weighted by Gasteiger charge is 2.63. The third-order valence-electron chi connectivity index (χ3n) is 11.0. The first-order valence-corrected chi connectivity index (χ1v) is 13.8. The molecule has 0 saturated heterocycles. The van der Waals surface area contributed by atoms with E-state index in [0.29, 0.717) is 49.1 Å². The predicted molar refractivity (Wildman–Crippen MR) is 136 cm³/mol. The molecule has 5 heteroatoms. The Balaban J connectivity index is 1.27. The number of benzene rings is 1. The second-order valence-electron chi connectivity index (χ2n) is 12.7. The Kier molecular flexibility index (Phi) is 6.44. The van der Waals surface area contributed by atoms with Crippen LogP contribution in [0.4, 0.5) is 0 Å². The van der Waals surface area contributed by atoms with Crippen LogP contribution in [-0.4, -0.2) is 23.5 Å². The van der Waals surface area contributed by atoms with Gasteiger partial charge in [0.1, 0.15) is 11.6 Å². The summed E-state index contributed by atoms with van der Waals surface area (Å²) in [6, 6.07) is 9.76. The maximum absolute atomic E-state index is 13.5. The van der Waals surface area contributed by atoms with Gasteiger partial charge in [-0.2, -0.15) is 0 Å².